The van der Waals surface area contributed by atoms with Crippen LogP contribution in [0.1, 0.15) is 17.4 Å². The Morgan fingerprint density at radius 3 is 2.56 bits per heavy atom. The van der Waals surface area contributed by atoms with E-state index in [0.717, 1.165) is 6.26 Å². The molecule has 7 nitrogen and oxygen atoms in total. The van der Waals surface area contributed by atoms with Gasteiger partial charge < -0.3 is 10.1 Å². The Labute approximate surface area is 106 Å². The summed E-state index contributed by atoms with van der Waals surface area (Å²) in [7, 11) is -1.80. The van der Waals surface area contributed by atoms with Gasteiger partial charge in [0.2, 0.25) is 0 Å². The van der Waals surface area contributed by atoms with Crippen molar-refractivity contribution in [3.63, 3.8) is 0 Å². The zero-order valence-electron chi connectivity index (χ0n) is 10.4. The summed E-state index contributed by atoms with van der Waals surface area (Å²) in [5.74, 6) is -0.176. The summed E-state index contributed by atoms with van der Waals surface area (Å²) in [4.78, 5) is 18.9. The minimum Gasteiger partial charge on any atom is -0.464 e. The molecule has 0 radical (unpaired) electrons. The van der Waals surface area contributed by atoms with E-state index in [-0.39, 0.29) is 17.5 Å². The number of nitrogens with one attached hydrogen (secondary N) is 1. The van der Waals surface area contributed by atoms with E-state index >= 15 is 0 Å². The first-order valence-corrected chi connectivity index (χ1v) is 7.22. The molecule has 0 fully saturated rings. The lowest BCUT2D eigenvalue weighted by molar-refractivity contribution is 0.0593. The minimum absolute atomic E-state index is 0.00651. The van der Waals surface area contributed by atoms with Crippen LogP contribution in [0.2, 0.25) is 0 Å². The summed E-state index contributed by atoms with van der Waals surface area (Å²) in [5.41, 5.74) is 0.0961. The van der Waals surface area contributed by atoms with Crippen molar-refractivity contribution in [2.45, 2.75) is 13.0 Å². The lowest BCUT2D eigenvalue weighted by atomic mass is 10.4. The highest BCUT2D eigenvalue weighted by Gasteiger charge is 2.12. The second-order valence-corrected chi connectivity index (χ2v) is 6.10. The van der Waals surface area contributed by atoms with E-state index in [4.69, 9.17) is 0 Å². The van der Waals surface area contributed by atoms with Gasteiger partial charge in [0.15, 0.2) is 5.69 Å². The van der Waals surface area contributed by atoms with Gasteiger partial charge in [-0.1, -0.05) is 0 Å². The first kappa shape index (κ1) is 14.4. The first-order valence-electron chi connectivity index (χ1n) is 5.16. The summed E-state index contributed by atoms with van der Waals surface area (Å²) < 4.78 is 26.6. The Bertz CT molecular complexity index is 512. The maximum Gasteiger partial charge on any atom is 0.358 e. The smallest absolute Gasteiger partial charge is 0.358 e. The van der Waals surface area contributed by atoms with Crippen LogP contribution in [0.3, 0.4) is 0 Å². The molecule has 1 rings (SSSR count). The average Bonchev–Trinajstić information content (AvgIpc) is 2.26. The fourth-order valence-corrected chi connectivity index (χ4v) is 2.35. The largest absolute Gasteiger partial charge is 0.464 e. The Kier molecular flexibility index (Phi) is 4.60. The van der Waals surface area contributed by atoms with Crippen molar-refractivity contribution in [2.24, 2.45) is 0 Å². The van der Waals surface area contributed by atoms with E-state index in [2.05, 4.69) is 20.0 Å². The van der Waals surface area contributed by atoms with Gasteiger partial charge in [-0.25, -0.2) is 23.2 Å². The van der Waals surface area contributed by atoms with Gasteiger partial charge in [0.25, 0.3) is 0 Å². The van der Waals surface area contributed by atoms with E-state index in [1.165, 1.54) is 19.5 Å². The molecule has 0 amide bonds. The molecule has 0 aliphatic rings. The van der Waals surface area contributed by atoms with Crippen molar-refractivity contribution in [1.82, 2.24) is 9.97 Å². The van der Waals surface area contributed by atoms with Crippen LogP contribution in [-0.4, -0.2) is 49.5 Å². The Hall–Kier alpha value is -1.70. The number of rotatable bonds is 5. The van der Waals surface area contributed by atoms with Gasteiger partial charge in [0, 0.05) is 12.3 Å². The molecule has 1 aromatic heterocycles. The molecule has 18 heavy (non-hydrogen) atoms. The number of hydrogen-bond acceptors (Lipinski definition) is 7. The first-order chi connectivity index (χ1) is 8.31. The predicted molar refractivity (Wildman–Crippen MR) is 66.2 cm³/mol. The average molecular weight is 273 g/mol. The summed E-state index contributed by atoms with van der Waals surface area (Å²) in [6, 6.07) is -0.293. The molecule has 0 spiro atoms. The van der Waals surface area contributed by atoms with Crippen molar-refractivity contribution in [3.05, 3.63) is 18.1 Å². The van der Waals surface area contributed by atoms with Crippen molar-refractivity contribution in [2.75, 3.05) is 24.4 Å². The number of hydrogen-bond donors (Lipinski definition) is 1. The number of carbonyl (C=O) groups excluding carboxylic acids is 1. The fourth-order valence-electron chi connectivity index (χ4n) is 1.36. The van der Waals surface area contributed by atoms with Crippen molar-refractivity contribution >= 4 is 21.6 Å². The highest BCUT2D eigenvalue weighted by molar-refractivity contribution is 7.90. The molecule has 1 heterocycles. The van der Waals surface area contributed by atoms with E-state index in [9.17, 15) is 13.2 Å². The molecule has 0 bridgehead atoms. The Morgan fingerprint density at radius 2 is 2.11 bits per heavy atom. The van der Waals surface area contributed by atoms with Crippen LogP contribution >= 0.6 is 0 Å². The predicted octanol–water partition coefficient (Wildman–Crippen LogP) is 0.108. The van der Waals surface area contributed by atoms with Crippen LogP contribution in [0.4, 0.5) is 5.82 Å². The number of ether oxygens (including phenoxy) is 1. The number of anilines is 1. The molecule has 0 aliphatic carbocycles. The van der Waals surface area contributed by atoms with E-state index in [0.29, 0.717) is 5.82 Å². The highest BCUT2D eigenvalue weighted by atomic mass is 32.2. The number of sulfone groups is 1. The van der Waals surface area contributed by atoms with Gasteiger partial charge in [-0.15, -0.1) is 0 Å². The number of nitrogens with zero attached hydrogens (tertiary/aromatic N) is 2. The van der Waals surface area contributed by atoms with Gasteiger partial charge in [-0.2, -0.15) is 0 Å². The summed E-state index contributed by atoms with van der Waals surface area (Å²) >= 11 is 0. The quantitative estimate of drug-likeness (QED) is 0.760. The van der Waals surface area contributed by atoms with Crippen LogP contribution in [0.15, 0.2) is 12.4 Å². The van der Waals surface area contributed by atoms with Gasteiger partial charge in [0.1, 0.15) is 15.7 Å². The van der Waals surface area contributed by atoms with E-state index in [1.807, 2.05) is 0 Å². The van der Waals surface area contributed by atoms with Gasteiger partial charge in [0.05, 0.1) is 25.3 Å². The van der Waals surface area contributed by atoms with E-state index < -0.39 is 15.8 Å². The molecule has 0 saturated carbocycles. The Balaban J connectivity index is 2.66. The molecule has 100 valence electrons. The summed E-state index contributed by atoms with van der Waals surface area (Å²) in [6.45, 7) is 1.72. The van der Waals surface area contributed by atoms with Crippen LogP contribution in [0, 0.1) is 0 Å². The number of aromatic nitrogens is 2. The molecule has 0 aliphatic heterocycles. The lowest BCUT2D eigenvalue weighted by Crippen LogP contribution is -2.25. The molecule has 1 N–H and O–H groups in total. The molecule has 0 aromatic carbocycles. The number of esters is 1. The third kappa shape index (κ3) is 4.66. The molecule has 8 heteroatoms. The second kappa shape index (κ2) is 5.76. The SMILES string of the molecule is COC(=O)c1cnc(NC(C)CS(C)(=O)=O)cn1. The molecule has 1 unspecified atom stereocenters. The Morgan fingerprint density at radius 1 is 1.44 bits per heavy atom. The molecule has 1 aromatic rings. The molecule has 1 atom stereocenters. The van der Waals surface area contributed by atoms with Crippen LogP contribution in [0.5, 0.6) is 0 Å². The zero-order chi connectivity index (χ0) is 13.8. The molecular formula is C10H15N3O4S. The maximum absolute atomic E-state index is 11.1. The molecular weight excluding hydrogens is 258 g/mol. The topological polar surface area (TPSA) is 98.2 Å². The monoisotopic (exact) mass is 273 g/mol. The van der Waals surface area contributed by atoms with Crippen molar-refractivity contribution in [1.29, 1.82) is 0 Å². The molecule has 0 saturated heterocycles. The van der Waals surface area contributed by atoms with E-state index in [1.54, 1.807) is 6.92 Å². The van der Waals surface area contributed by atoms with Gasteiger partial charge in [-0.3, -0.25) is 0 Å². The van der Waals surface area contributed by atoms with Crippen LogP contribution in [-0.2, 0) is 14.6 Å². The second-order valence-electron chi connectivity index (χ2n) is 3.92. The normalized spacial score (nSPS) is 12.8. The zero-order valence-corrected chi connectivity index (χ0v) is 11.2. The van der Waals surface area contributed by atoms with Crippen LogP contribution < -0.4 is 5.32 Å². The maximum atomic E-state index is 11.1. The van der Waals surface area contributed by atoms with Gasteiger partial charge >= 0.3 is 5.97 Å². The van der Waals surface area contributed by atoms with Crippen molar-refractivity contribution in [3.8, 4) is 0 Å². The standard InChI is InChI=1S/C10H15N3O4S/c1-7(6-18(3,15)16)13-9-5-11-8(4-12-9)10(14)17-2/h4-5,7H,6H2,1-3H3,(H,12,13). The summed E-state index contributed by atoms with van der Waals surface area (Å²) in [6.07, 6.45) is 3.78. The highest BCUT2D eigenvalue weighted by Crippen LogP contribution is 2.05. The fraction of sp³-hybridized carbons (Fsp3) is 0.500. The third-order valence-corrected chi connectivity index (χ3v) is 3.10. The summed E-state index contributed by atoms with van der Waals surface area (Å²) in [5, 5.41) is 2.88. The number of methoxy groups -OCH3 is 1. The van der Waals surface area contributed by atoms with Gasteiger partial charge in [-0.05, 0) is 6.92 Å². The van der Waals surface area contributed by atoms with Crippen molar-refractivity contribution < 1.29 is 17.9 Å². The minimum atomic E-state index is -3.05. The lowest BCUT2D eigenvalue weighted by Gasteiger charge is -2.12. The van der Waals surface area contributed by atoms with Crippen LogP contribution in [0.25, 0.3) is 0 Å². The third-order valence-electron chi connectivity index (χ3n) is 1.99. The number of carbonyl (C=O) groups is 1.